The Balaban J connectivity index is 1.03. The summed E-state index contributed by atoms with van der Waals surface area (Å²) < 4.78 is 45.7. The lowest BCUT2D eigenvalue weighted by molar-refractivity contribution is -0.136. The smallest absolute Gasteiger partial charge is 0.407 e. The number of carbonyl (C=O) groups excluding carboxylic acids is 3. The molecule has 4 saturated heterocycles. The van der Waals surface area contributed by atoms with Crippen molar-refractivity contribution in [2.24, 2.45) is 11.8 Å². The Morgan fingerprint density at radius 1 is 0.710 bits per heavy atom. The minimum absolute atomic E-state index is 0.0329. The number of aromatic nitrogens is 4. The van der Waals surface area contributed by atoms with E-state index in [-0.39, 0.29) is 72.4 Å². The van der Waals surface area contributed by atoms with Crippen LogP contribution in [-0.2, 0) is 24.2 Å². The first-order chi connectivity index (χ1) is 33.0. The summed E-state index contributed by atoms with van der Waals surface area (Å²) in [6.07, 6.45) is 2.44. The molecular weight excluding hydrogens is 908 g/mol. The summed E-state index contributed by atoms with van der Waals surface area (Å²) in [7, 11) is -1.90. The molecule has 20 heteroatoms. The molecule has 5 N–H and O–H groups in total. The Hall–Kier alpha value is -6.44. The zero-order valence-corrected chi connectivity index (χ0v) is 40.4. The molecule has 4 aliphatic heterocycles. The summed E-state index contributed by atoms with van der Waals surface area (Å²) >= 11 is 0. The van der Waals surface area contributed by atoms with Crippen molar-refractivity contribution in [1.29, 1.82) is 0 Å². The Bertz CT molecular complexity index is 2870. The van der Waals surface area contributed by atoms with E-state index in [1.165, 1.54) is 7.11 Å². The summed E-state index contributed by atoms with van der Waals surface area (Å²) in [5, 5.41) is 14.6. The number of halogens is 1. The standard InChI is InChI=1S/C49H61FN10O8S/c1-27(2)42(55-48(63)64)46(61)58-18-6-8-40(58)44-51-33-13-10-29(24-35(33)53-44)37-16-17-38(60(37)31-12-15-39(32(50)26-31)57-20-22-69(66,67)23-21-57)30-11-14-34-36(25-30)54-45(52-34)41-9-7-19-59(41)47(62)43(28(3)4)56-49(65)68-5/h10-15,24-28,37-38,40-43,55H,6-9,16-23H2,1-5H3,(H,51,53)(H,52,54)(H,56,65)(H,63,64)/t37-,38?,40+,41+,42+,43+/m1/s1. The number of ether oxygens (including phenoxy) is 1. The molecule has 0 radical (unpaired) electrons. The molecule has 2 aromatic heterocycles. The van der Waals surface area contributed by atoms with Crippen molar-refractivity contribution in [1.82, 2.24) is 40.4 Å². The summed E-state index contributed by atoms with van der Waals surface area (Å²) in [4.78, 5) is 76.0. The van der Waals surface area contributed by atoms with Crippen LogP contribution in [0.25, 0.3) is 22.1 Å². The molecule has 4 amide bonds. The molecule has 18 nitrogen and oxygen atoms in total. The van der Waals surface area contributed by atoms with Crippen LogP contribution < -0.4 is 20.4 Å². The third kappa shape index (κ3) is 9.51. The number of nitrogens with zero attached hydrogens (tertiary/aromatic N) is 6. The van der Waals surface area contributed by atoms with Crippen molar-refractivity contribution in [2.45, 2.75) is 102 Å². The van der Waals surface area contributed by atoms with Crippen LogP contribution in [0.15, 0.2) is 54.6 Å². The second kappa shape index (κ2) is 19.2. The molecule has 4 aliphatic rings. The Kier molecular flexibility index (Phi) is 13.2. The van der Waals surface area contributed by atoms with E-state index in [4.69, 9.17) is 14.7 Å². The number of rotatable bonds is 12. The SMILES string of the molecule is COC(=O)N[C@H](C(=O)N1CCC[C@H]1c1nc2cc(C3CC[C@H](c4ccc5[nH]c([C@@H]6CCCN6C(=O)[C@@H](NC(=O)O)C(C)C)nc5c4)N3c3ccc(N4CCS(=O)(=O)CC4)c(F)c3)ccc2[nH]1)C(C)C. The minimum atomic E-state index is -3.17. The van der Waals surface area contributed by atoms with Crippen LogP contribution in [0.2, 0.25) is 0 Å². The lowest BCUT2D eigenvalue weighted by atomic mass is 10.0. The molecule has 0 spiro atoms. The Morgan fingerprint density at radius 2 is 1.22 bits per heavy atom. The van der Waals surface area contributed by atoms with Crippen LogP contribution in [0.3, 0.4) is 0 Å². The van der Waals surface area contributed by atoms with E-state index in [2.05, 4.69) is 43.7 Å². The van der Waals surface area contributed by atoms with Crippen LogP contribution >= 0.6 is 0 Å². The van der Waals surface area contributed by atoms with Crippen LogP contribution in [0.4, 0.5) is 25.4 Å². The van der Waals surface area contributed by atoms with Crippen LogP contribution in [0.1, 0.15) is 113 Å². The first kappa shape index (κ1) is 47.6. The number of H-pyrrole nitrogens is 2. The van der Waals surface area contributed by atoms with Gasteiger partial charge in [0, 0.05) is 31.9 Å². The molecule has 3 aromatic carbocycles. The van der Waals surface area contributed by atoms with Gasteiger partial charge in [-0.1, -0.05) is 39.8 Å². The Labute approximate surface area is 400 Å². The predicted octanol–water partition coefficient (Wildman–Crippen LogP) is 6.90. The molecule has 0 aliphatic carbocycles. The van der Waals surface area contributed by atoms with E-state index < -0.39 is 39.9 Å². The monoisotopic (exact) mass is 968 g/mol. The molecule has 0 saturated carbocycles. The highest BCUT2D eigenvalue weighted by atomic mass is 32.2. The highest BCUT2D eigenvalue weighted by Crippen LogP contribution is 2.48. The molecule has 6 heterocycles. The molecule has 368 valence electrons. The lowest BCUT2D eigenvalue weighted by Crippen LogP contribution is -2.51. The number of fused-ring (bicyclic) bond motifs is 2. The fourth-order valence-electron chi connectivity index (χ4n) is 10.8. The number of sulfone groups is 1. The van der Waals surface area contributed by atoms with Gasteiger partial charge in [0.15, 0.2) is 9.84 Å². The second-order valence-corrected chi connectivity index (χ2v) is 21.8. The van der Waals surface area contributed by atoms with Gasteiger partial charge >= 0.3 is 12.2 Å². The van der Waals surface area contributed by atoms with E-state index in [0.29, 0.717) is 54.5 Å². The van der Waals surface area contributed by atoms with Gasteiger partial charge in [0.2, 0.25) is 11.8 Å². The number of benzene rings is 3. The van der Waals surface area contributed by atoms with Gasteiger partial charge in [-0.15, -0.1) is 0 Å². The van der Waals surface area contributed by atoms with Crippen molar-refractivity contribution in [3.8, 4) is 0 Å². The summed E-state index contributed by atoms with van der Waals surface area (Å²) in [5.74, 6) is -0.116. The van der Waals surface area contributed by atoms with Gasteiger partial charge in [-0.25, -0.2) is 32.4 Å². The molecule has 0 bridgehead atoms. The maximum Gasteiger partial charge on any atom is 0.407 e. The van der Waals surface area contributed by atoms with Crippen molar-refractivity contribution in [3.63, 3.8) is 0 Å². The molecule has 9 rings (SSSR count). The first-order valence-corrected chi connectivity index (χ1v) is 25.8. The van der Waals surface area contributed by atoms with Gasteiger partial charge in [-0.05, 0) is 104 Å². The average molecular weight is 969 g/mol. The second-order valence-electron chi connectivity index (χ2n) is 19.5. The maximum atomic E-state index is 16.4. The molecule has 6 atom stereocenters. The number of hydrogen-bond donors (Lipinski definition) is 5. The van der Waals surface area contributed by atoms with Crippen LogP contribution in [0.5, 0.6) is 0 Å². The fraction of sp³-hybridized carbons (Fsp3) is 0.510. The van der Waals surface area contributed by atoms with Crippen molar-refractivity contribution < 1.29 is 41.8 Å². The third-order valence-corrected chi connectivity index (χ3v) is 16.0. The zero-order valence-electron chi connectivity index (χ0n) is 39.6. The average Bonchev–Trinajstić information content (AvgIpc) is 4.18. The highest BCUT2D eigenvalue weighted by molar-refractivity contribution is 7.91. The van der Waals surface area contributed by atoms with Crippen molar-refractivity contribution >= 4 is 67.3 Å². The third-order valence-electron chi connectivity index (χ3n) is 14.4. The van der Waals surface area contributed by atoms with Gasteiger partial charge in [0.25, 0.3) is 0 Å². The number of aromatic amines is 2. The van der Waals surface area contributed by atoms with Gasteiger partial charge < -0.3 is 50.0 Å². The number of methoxy groups -OCH3 is 1. The minimum Gasteiger partial charge on any atom is -0.465 e. The summed E-state index contributed by atoms with van der Waals surface area (Å²) in [6.45, 7) is 8.82. The van der Waals surface area contributed by atoms with Crippen LogP contribution in [-0.4, -0.2) is 124 Å². The number of carboxylic acid groups (broad SMARTS) is 1. The quantitative estimate of drug-likeness (QED) is 0.0861. The summed E-state index contributed by atoms with van der Waals surface area (Å²) in [5.41, 5.74) is 5.99. The highest BCUT2D eigenvalue weighted by Gasteiger charge is 2.41. The van der Waals surface area contributed by atoms with Gasteiger partial charge in [-0.2, -0.15) is 0 Å². The molecule has 69 heavy (non-hydrogen) atoms. The van der Waals surface area contributed by atoms with E-state index in [9.17, 15) is 32.7 Å². The van der Waals surface area contributed by atoms with E-state index in [0.717, 1.165) is 53.4 Å². The van der Waals surface area contributed by atoms with Crippen molar-refractivity contribution in [2.75, 3.05) is 54.6 Å². The predicted molar refractivity (Wildman–Crippen MR) is 258 cm³/mol. The molecule has 1 unspecified atom stereocenters. The largest absolute Gasteiger partial charge is 0.465 e. The van der Waals surface area contributed by atoms with E-state index >= 15 is 4.39 Å². The Morgan fingerprint density at radius 3 is 1.68 bits per heavy atom. The van der Waals surface area contributed by atoms with Crippen molar-refractivity contribution in [3.05, 3.63) is 83.2 Å². The van der Waals surface area contributed by atoms with Gasteiger partial charge in [0.05, 0.1) is 70.5 Å². The maximum absolute atomic E-state index is 16.4. The lowest BCUT2D eigenvalue weighted by Gasteiger charge is -2.34. The van der Waals surface area contributed by atoms with Gasteiger partial charge in [0.1, 0.15) is 29.5 Å². The number of alkyl carbamates (subject to hydrolysis) is 1. The molecule has 4 fully saturated rings. The topological polar surface area (TPSA) is 226 Å². The number of carbonyl (C=O) groups is 4. The van der Waals surface area contributed by atoms with Gasteiger partial charge in [-0.3, -0.25) is 9.59 Å². The zero-order chi connectivity index (χ0) is 48.9. The van der Waals surface area contributed by atoms with Crippen LogP contribution in [0, 0.1) is 17.7 Å². The molecular formula is C49H61FN10O8S. The molecule has 5 aromatic rings. The summed E-state index contributed by atoms with van der Waals surface area (Å²) in [6, 6.07) is 14.6. The number of hydrogen-bond acceptors (Lipinski definition) is 11. The number of likely N-dealkylation sites (tertiary alicyclic amines) is 2. The van der Waals surface area contributed by atoms with E-state index in [1.54, 1.807) is 26.8 Å². The number of anilines is 2. The first-order valence-electron chi connectivity index (χ1n) is 24.0. The fourth-order valence-corrected chi connectivity index (χ4v) is 12.0. The number of amides is 4. The normalized spacial score (nSPS) is 22.5. The number of imidazole rings is 2. The van der Waals surface area contributed by atoms with E-state index in [1.807, 2.05) is 52.0 Å². The number of nitrogens with one attached hydrogen (secondary N) is 4.